The van der Waals surface area contributed by atoms with Crippen LogP contribution in [-0.4, -0.2) is 31.0 Å². The van der Waals surface area contributed by atoms with E-state index in [-0.39, 0.29) is 4.88 Å². The van der Waals surface area contributed by atoms with Gasteiger partial charge in [0, 0.05) is 11.4 Å². The van der Waals surface area contributed by atoms with Crippen LogP contribution in [0.15, 0.2) is 24.1 Å². The molecule has 0 unspecified atom stereocenters. The van der Waals surface area contributed by atoms with E-state index in [2.05, 4.69) is 19.9 Å². The third kappa shape index (κ3) is 1.78. The van der Waals surface area contributed by atoms with Crippen molar-refractivity contribution in [3.63, 3.8) is 0 Å². The van der Waals surface area contributed by atoms with Crippen LogP contribution in [-0.2, 0) is 0 Å². The summed E-state index contributed by atoms with van der Waals surface area (Å²) in [6, 6.07) is 1.44. The van der Waals surface area contributed by atoms with Crippen LogP contribution in [0.5, 0.6) is 11.6 Å². The van der Waals surface area contributed by atoms with Gasteiger partial charge in [-0.05, 0) is 0 Å². The van der Waals surface area contributed by atoms with Crippen molar-refractivity contribution in [3.8, 4) is 11.6 Å². The molecule has 8 heteroatoms. The molecule has 7 nitrogen and oxygen atoms in total. The molecule has 90 valence electrons. The predicted molar refractivity (Wildman–Crippen MR) is 63.0 cm³/mol. The van der Waals surface area contributed by atoms with Gasteiger partial charge in [0.1, 0.15) is 22.5 Å². The molecule has 0 saturated carbocycles. The quantitative estimate of drug-likeness (QED) is 0.747. The Bertz CT molecular complexity index is 721. The van der Waals surface area contributed by atoms with Crippen LogP contribution in [0.2, 0.25) is 0 Å². The van der Waals surface area contributed by atoms with E-state index in [1.807, 2.05) is 0 Å². The summed E-state index contributed by atoms with van der Waals surface area (Å²) in [6.07, 6.45) is 2.82. The number of aromatic amines is 1. The van der Waals surface area contributed by atoms with E-state index in [0.717, 1.165) is 11.3 Å². The van der Waals surface area contributed by atoms with Gasteiger partial charge in [-0.2, -0.15) is 4.98 Å². The summed E-state index contributed by atoms with van der Waals surface area (Å²) < 4.78 is 5.51. The Hall–Kier alpha value is -2.48. The number of thiophene rings is 1. The molecule has 2 N–H and O–H groups in total. The number of aromatic carboxylic acids is 1. The molecular weight excluding hydrogens is 256 g/mol. The molecule has 0 saturated heterocycles. The molecule has 0 aromatic carbocycles. The number of imidazole rings is 1. The molecule has 0 aliphatic heterocycles. The Kier molecular flexibility index (Phi) is 2.41. The average Bonchev–Trinajstić information content (AvgIpc) is 2.97. The number of hydrogen-bond acceptors (Lipinski definition) is 6. The van der Waals surface area contributed by atoms with Gasteiger partial charge < -0.3 is 14.8 Å². The first-order valence-corrected chi connectivity index (χ1v) is 5.76. The lowest BCUT2D eigenvalue weighted by Crippen LogP contribution is -1.91. The first-order valence-electron chi connectivity index (χ1n) is 4.88. The van der Waals surface area contributed by atoms with Crippen LogP contribution in [0.3, 0.4) is 0 Å². The fraction of sp³-hybridized carbons (Fsp3) is 0. The van der Waals surface area contributed by atoms with Gasteiger partial charge in [0.15, 0.2) is 5.65 Å². The van der Waals surface area contributed by atoms with Gasteiger partial charge in [-0.3, -0.25) is 0 Å². The smallest absolute Gasteiger partial charge is 0.346 e. The van der Waals surface area contributed by atoms with Gasteiger partial charge in [-0.15, -0.1) is 11.3 Å². The number of aromatic nitrogens is 4. The van der Waals surface area contributed by atoms with Gasteiger partial charge in [-0.25, -0.2) is 14.8 Å². The topological polar surface area (TPSA) is 101 Å². The van der Waals surface area contributed by atoms with Gasteiger partial charge >= 0.3 is 5.97 Å². The van der Waals surface area contributed by atoms with Crippen molar-refractivity contribution in [1.29, 1.82) is 0 Å². The number of nitrogens with zero attached hydrogens (tertiary/aromatic N) is 3. The molecule has 0 aliphatic rings. The third-order valence-electron chi connectivity index (χ3n) is 2.19. The van der Waals surface area contributed by atoms with Crippen LogP contribution < -0.4 is 4.74 Å². The second-order valence-corrected chi connectivity index (χ2v) is 4.25. The molecule has 0 atom stereocenters. The lowest BCUT2D eigenvalue weighted by molar-refractivity contribution is 0.0702. The number of H-pyrrole nitrogens is 1. The summed E-state index contributed by atoms with van der Waals surface area (Å²) in [5.41, 5.74) is 1.06. The maximum absolute atomic E-state index is 10.8. The van der Waals surface area contributed by atoms with E-state index in [0.29, 0.717) is 22.8 Å². The van der Waals surface area contributed by atoms with E-state index in [1.165, 1.54) is 18.7 Å². The van der Waals surface area contributed by atoms with Crippen LogP contribution in [0.4, 0.5) is 0 Å². The number of fused-ring (bicyclic) bond motifs is 1. The number of carbonyl (C=O) groups is 1. The number of nitrogens with one attached hydrogen (secondary N) is 1. The zero-order valence-electron chi connectivity index (χ0n) is 8.82. The highest BCUT2D eigenvalue weighted by molar-refractivity contribution is 7.12. The molecule has 3 aromatic rings. The number of carboxylic acids is 1. The molecule has 18 heavy (non-hydrogen) atoms. The first kappa shape index (κ1) is 10.7. The number of carboxylic acid groups (broad SMARTS) is 1. The Morgan fingerprint density at radius 2 is 2.28 bits per heavy atom. The van der Waals surface area contributed by atoms with Crippen molar-refractivity contribution >= 4 is 28.5 Å². The van der Waals surface area contributed by atoms with Gasteiger partial charge in [-0.1, -0.05) is 0 Å². The molecule has 0 spiro atoms. The molecule has 0 aliphatic carbocycles. The Morgan fingerprint density at radius 1 is 1.39 bits per heavy atom. The Labute approximate surface area is 104 Å². The minimum Gasteiger partial charge on any atom is -0.477 e. The molecule has 0 radical (unpaired) electrons. The van der Waals surface area contributed by atoms with Crippen molar-refractivity contribution in [3.05, 3.63) is 29.0 Å². The summed E-state index contributed by atoms with van der Waals surface area (Å²) in [5.74, 6) is -0.247. The highest BCUT2D eigenvalue weighted by atomic mass is 32.1. The third-order valence-corrected chi connectivity index (χ3v) is 3.09. The van der Waals surface area contributed by atoms with E-state index in [4.69, 9.17) is 9.84 Å². The maximum atomic E-state index is 10.8. The number of ether oxygens (including phenoxy) is 1. The normalized spacial score (nSPS) is 10.7. The maximum Gasteiger partial charge on any atom is 0.346 e. The average molecular weight is 262 g/mol. The first-order chi connectivity index (χ1) is 8.74. The van der Waals surface area contributed by atoms with E-state index >= 15 is 0 Å². The molecule has 3 aromatic heterocycles. The standard InChI is InChI=1S/C10H6N4O3S/c15-10(16)6-1-5(2-18-6)17-9-7-8(12-3-11-7)13-4-14-9/h1-4H,(H,15,16)(H,11,12,13,14). The van der Waals surface area contributed by atoms with E-state index in [1.54, 1.807) is 5.38 Å². The Morgan fingerprint density at radius 3 is 3.06 bits per heavy atom. The van der Waals surface area contributed by atoms with Crippen molar-refractivity contribution in [2.75, 3.05) is 0 Å². The van der Waals surface area contributed by atoms with Crippen LogP contribution >= 0.6 is 11.3 Å². The van der Waals surface area contributed by atoms with E-state index < -0.39 is 5.97 Å². The summed E-state index contributed by atoms with van der Waals surface area (Å²) in [5, 5.41) is 10.4. The largest absolute Gasteiger partial charge is 0.477 e. The summed E-state index contributed by atoms with van der Waals surface area (Å²) in [4.78, 5) is 25.7. The fourth-order valence-corrected chi connectivity index (χ4v) is 2.06. The zero-order valence-corrected chi connectivity index (χ0v) is 9.64. The highest BCUT2D eigenvalue weighted by Crippen LogP contribution is 2.28. The second kappa shape index (κ2) is 4.08. The molecule has 0 bridgehead atoms. The zero-order chi connectivity index (χ0) is 12.5. The summed E-state index contributed by atoms with van der Waals surface area (Å²) >= 11 is 1.09. The van der Waals surface area contributed by atoms with Crippen LogP contribution in [0, 0.1) is 0 Å². The molecule has 0 fully saturated rings. The molecule has 3 heterocycles. The summed E-state index contributed by atoms with van der Waals surface area (Å²) in [7, 11) is 0. The lowest BCUT2D eigenvalue weighted by atomic mass is 10.4. The minimum atomic E-state index is -0.982. The molecular formula is C10H6N4O3S. The predicted octanol–water partition coefficient (Wildman–Crippen LogP) is 1.90. The van der Waals surface area contributed by atoms with Crippen molar-refractivity contribution < 1.29 is 14.6 Å². The van der Waals surface area contributed by atoms with Crippen LogP contribution in [0.25, 0.3) is 11.2 Å². The number of rotatable bonds is 3. The van der Waals surface area contributed by atoms with E-state index in [9.17, 15) is 4.79 Å². The van der Waals surface area contributed by atoms with Gasteiger partial charge in [0.05, 0.1) is 6.33 Å². The lowest BCUT2D eigenvalue weighted by Gasteiger charge is -2.01. The van der Waals surface area contributed by atoms with Crippen molar-refractivity contribution in [1.82, 2.24) is 19.9 Å². The molecule has 0 amide bonds. The van der Waals surface area contributed by atoms with Crippen LogP contribution in [0.1, 0.15) is 9.67 Å². The van der Waals surface area contributed by atoms with Gasteiger partial charge in [0.25, 0.3) is 0 Å². The van der Waals surface area contributed by atoms with Crippen molar-refractivity contribution in [2.45, 2.75) is 0 Å². The second-order valence-electron chi connectivity index (χ2n) is 3.33. The van der Waals surface area contributed by atoms with Gasteiger partial charge in [0.2, 0.25) is 5.88 Å². The van der Waals surface area contributed by atoms with Crippen molar-refractivity contribution in [2.24, 2.45) is 0 Å². The summed E-state index contributed by atoms with van der Waals surface area (Å²) in [6.45, 7) is 0. The number of hydrogen-bond donors (Lipinski definition) is 2. The molecule has 3 rings (SSSR count). The SMILES string of the molecule is O=C(O)c1cc(Oc2ncnc3nc[nH]c23)cs1. The minimum absolute atomic E-state index is 0.208. The monoisotopic (exact) mass is 262 g/mol. The highest BCUT2D eigenvalue weighted by Gasteiger charge is 2.11. The fourth-order valence-electron chi connectivity index (χ4n) is 1.42. The Balaban J connectivity index is 1.96.